The van der Waals surface area contributed by atoms with Crippen LogP contribution >= 0.6 is 0 Å². The van der Waals surface area contributed by atoms with Crippen molar-refractivity contribution >= 4 is 40.7 Å². The maximum Gasteiger partial charge on any atom is 0.305 e. The predicted molar refractivity (Wildman–Crippen MR) is 114 cm³/mol. The van der Waals surface area contributed by atoms with Gasteiger partial charge < -0.3 is 24.7 Å². The molecule has 2 unspecified atom stereocenters. The van der Waals surface area contributed by atoms with Crippen molar-refractivity contribution in [1.82, 2.24) is 9.88 Å². The Kier molecular flexibility index (Phi) is 7.90. The predicted octanol–water partition coefficient (Wildman–Crippen LogP) is 2.49. The van der Waals surface area contributed by atoms with Gasteiger partial charge in [-0.15, -0.1) is 0 Å². The summed E-state index contributed by atoms with van der Waals surface area (Å²) in [4.78, 5) is 49.3. The van der Waals surface area contributed by atoms with Gasteiger partial charge in [0.1, 0.15) is 12.1 Å². The number of anilines is 1. The molecule has 1 aromatic carbocycles. The molecule has 2 aromatic rings. The first-order chi connectivity index (χ1) is 14.6. The van der Waals surface area contributed by atoms with Gasteiger partial charge in [-0.3, -0.25) is 14.4 Å². The van der Waals surface area contributed by atoms with Crippen molar-refractivity contribution in [3.63, 3.8) is 0 Å². The van der Waals surface area contributed by atoms with E-state index in [1.807, 2.05) is 0 Å². The number of fused-ring (bicyclic) bond motifs is 1. The van der Waals surface area contributed by atoms with E-state index < -0.39 is 36.1 Å². The summed E-state index contributed by atoms with van der Waals surface area (Å²) in [6.45, 7) is 5.65. The molecular weight excluding hydrogens is 405 g/mol. The Morgan fingerprint density at radius 2 is 1.94 bits per heavy atom. The highest BCUT2D eigenvalue weighted by Crippen LogP contribution is 2.30. The molecule has 9 heteroatoms. The number of carbonyl (C=O) groups is 4. The van der Waals surface area contributed by atoms with Crippen molar-refractivity contribution in [3.05, 3.63) is 30.2 Å². The molecular formula is C22H28FN3O5. The second-order valence-corrected chi connectivity index (χ2v) is 7.83. The second kappa shape index (κ2) is 10.2. The highest BCUT2D eigenvalue weighted by molar-refractivity contribution is 6.04. The van der Waals surface area contributed by atoms with Gasteiger partial charge in [0.2, 0.25) is 11.8 Å². The summed E-state index contributed by atoms with van der Waals surface area (Å²) in [5.74, 6) is -3.50. The number of carboxylic acids is 1. The SMILES string of the molecule is CCN(C(=O)CC(C(=O)NC(C=O)CC(=O)O)C(C)C)c1cn(C)c2ccc(F)cc12. The third-order valence-electron chi connectivity index (χ3n) is 5.26. The molecule has 0 spiro atoms. The van der Waals surface area contributed by atoms with E-state index >= 15 is 0 Å². The first-order valence-corrected chi connectivity index (χ1v) is 10.1. The van der Waals surface area contributed by atoms with E-state index in [-0.39, 0.29) is 18.2 Å². The molecule has 0 aliphatic heterocycles. The normalized spacial score (nSPS) is 13.1. The number of nitrogens with one attached hydrogen (secondary N) is 1. The minimum absolute atomic E-state index is 0.137. The van der Waals surface area contributed by atoms with Gasteiger partial charge in [0.25, 0.3) is 0 Å². The zero-order valence-electron chi connectivity index (χ0n) is 18.1. The molecule has 2 atom stereocenters. The Bertz CT molecular complexity index is 985. The molecule has 0 fully saturated rings. The zero-order chi connectivity index (χ0) is 23.3. The van der Waals surface area contributed by atoms with Crippen molar-refractivity contribution in [2.24, 2.45) is 18.9 Å². The van der Waals surface area contributed by atoms with Gasteiger partial charge in [0, 0.05) is 37.5 Å². The number of nitrogens with zero attached hydrogens (tertiary/aromatic N) is 2. The van der Waals surface area contributed by atoms with E-state index in [1.54, 1.807) is 44.6 Å². The Hall–Kier alpha value is -3.23. The van der Waals surface area contributed by atoms with E-state index in [1.165, 1.54) is 17.0 Å². The van der Waals surface area contributed by atoms with Crippen LogP contribution in [0.2, 0.25) is 0 Å². The Morgan fingerprint density at radius 3 is 2.48 bits per heavy atom. The van der Waals surface area contributed by atoms with Crippen LogP contribution in [-0.2, 0) is 26.2 Å². The topological polar surface area (TPSA) is 109 Å². The summed E-state index contributed by atoms with van der Waals surface area (Å²) < 4.78 is 15.6. The van der Waals surface area contributed by atoms with Crippen molar-refractivity contribution < 1.29 is 28.7 Å². The maximum absolute atomic E-state index is 13.8. The number of benzene rings is 1. The van der Waals surface area contributed by atoms with Crippen LogP contribution < -0.4 is 10.2 Å². The van der Waals surface area contributed by atoms with E-state index in [2.05, 4.69) is 5.32 Å². The average Bonchev–Trinajstić information content (AvgIpc) is 3.00. The van der Waals surface area contributed by atoms with Crippen LogP contribution in [-0.4, -0.2) is 46.3 Å². The van der Waals surface area contributed by atoms with Gasteiger partial charge in [0.05, 0.1) is 23.7 Å². The van der Waals surface area contributed by atoms with Crippen LogP contribution in [0.4, 0.5) is 10.1 Å². The number of hydrogen-bond acceptors (Lipinski definition) is 4. The number of carbonyl (C=O) groups excluding carboxylic acids is 3. The summed E-state index contributed by atoms with van der Waals surface area (Å²) in [6, 6.07) is 3.20. The smallest absolute Gasteiger partial charge is 0.305 e. The molecule has 1 aromatic heterocycles. The molecule has 0 saturated carbocycles. The first-order valence-electron chi connectivity index (χ1n) is 10.1. The monoisotopic (exact) mass is 433 g/mol. The number of aldehydes is 1. The lowest BCUT2D eigenvalue weighted by Gasteiger charge is -2.26. The highest BCUT2D eigenvalue weighted by atomic mass is 19.1. The van der Waals surface area contributed by atoms with Crippen LogP contribution in [0, 0.1) is 17.7 Å². The molecule has 2 N–H and O–H groups in total. The number of carboxylic acid groups (broad SMARTS) is 1. The van der Waals surface area contributed by atoms with E-state index in [4.69, 9.17) is 5.11 Å². The van der Waals surface area contributed by atoms with Gasteiger partial charge in [-0.25, -0.2) is 4.39 Å². The molecule has 0 aliphatic carbocycles. The molecule has 0 saturated heterocycles. The lowest BCUT2D eigenvalue weighted by molar-refractivity contribution is -0.139. The van der Waals surface area contributed by atoms with Crippen molar-refractivity contribution in [2.75, 3.05) is 11.4 Å². The molecule has 2 amide bonds. The summed E-state index contributed by atoms with van der Waals surface area (Å²) in [5, 5.41) is 11.9. The summed E-state index contributed by atoms with van der Waals surface area (Å²) in [5.41, 5.74) is 1.31. The molecule has 0 bridgehead atoms. The van der Waals surface area contributed by atoms with Crippen molar-refractivity contribution in [3.8, 4) is 0 Å². The quantitative estimate of drug-likeness (QED) is 0.560. The Balaban J connectivity index is 2.26. The van der Waals surface area contributed by atoms with Crippen LogP contribution in [0.15, 0.2) is 24.4 Å². The first kappa shape index (κ1) is 24.0. The van der Waals surface area contributed by atoms with Crippen LogP contribution in [0.25, 0.3) is 10.9 Å². The van der Waals surface area contributed by atoms with E-state index in [0.29, 0.717) is 23.9 Å². The fraction of sp³-hybridized carbons (Fsp3) is 0.455. The molecule has 168 valence electrons. The third kappa shape index (κ3) is 5.68. The van der Waals surface area contributed by atoms with Gasteiger partial charge in [0.15, 0.2) is 0 Å². The molecule has 8 nitrogen and oxygen atoms in total. The number of aromatic nitrogens is 1. The van der Waals surface area contributed by atoms with Crippen molar-refractivity contribution in [2.45, 2.75) is 39.7 Å². The third-order valence-corrected chi connectivity index (χ3v) is 5.26. The summed E-state index contributed by atoms with van der Waals surface area (Å²) in [6.07, 6.45) is 1.44. The number of amides is 2. The Morgan fingerprint density at radius 1 is 1.26 bits per heavy atom. The minimum atomic E-state index is -1.21. The Labute approximate surface area is 180 Å². The van der Waals surface area contributed by atoms with Gasteiger partial charge in [-0.1, -0.05) is 13.8 Å². The van der Waals surface area contributed by atoms with E-state index in [9.17, 15) is 23.6 Å². The summed E-state index contributed by atoms with van der Waals surface area (Å²) in [7, 11) is 1.80. The maximum atomic E-state index is 13.8. The zero-order valence-corrected chi connectivity index (χ0v) is 18.1. The van der Waals surface area contributed by atoms with Gasteiger partial charge >= 0.3 is 5.97 Å². The molecule has 1 heterocycles. The minimum Gasteiger partial charge on any atom is -0.481 e. The average molecular weight is 433 g/mol. The number of halogens is 1. The number of hydrogen-bond donors (Lipinski definition) is 2. The number of rotatable bonds is 10. The second-order valence-electron chi connectivity index (χ2n) is 7.83. The fourth-order valence-electron chi connectivity index (χ4n) is 3.58. The van der Waals surface area contributed by atoms with Crippen LogP contribution in [0.5, 0.6) is 0 Å². The lowest BCUT2D eigenvalue weighted by Crippen LogP contribution is -2.44. The standard InChI is InChI=1S/C22H28FN3O5/c1-5-26(19-11-25(4)18-7-6-14(23)8-17(18)19)20(28)10-16(13(2)3)22(31)24-15(12-27)9-21(29)30/h6-8,11-13,15-16H,5,9-10H2,1-4H3,(H,24,31)(H,29,30). The number of aliphatic carboxylic acids is 1. The van der Waals surface area contributed by atoms with E-state index in [0.717, 1.165) is 5.52 Å². The molecule has 0 aliphatic rings. The molecule has 0 radical (unpaired) electrons. The van der Waals surface area contributed by atoms with Gasteiger partial charge in [-0.05, 0) is 31.0 Å². The van der Waals surface area contributed by atoms with Crippen LogP contribution in [0.1, 0.15) is 33.6 Å². The fourth-order valence-corrected chi connectivity index (χ4v) is 3.58. The largest absolute Gasteiger partial charge is 0.481 e. The van der Waals surface area contributed by atoms with Crippen LogP contribution in [0.3, 0.4) is 0 Å². The van der Waals surface area contributed by atoms with Gasteiger partial charge in [-0.2, -0.15) is 0 Å². The number of aryl methyl sites for hydroxylation is 1. The van der Waals surface area contributed by atoms with Crippen molar-refractivity contribution in [1.29, 1.82) is 0 Å². The lowest BCUT2D eigenvalue weighted by atomic mass is 9.90. The summed E-state index contributed by atoms with van der Waals surface area (Å²) >= 11 is 0. The highest BCUT2D eigenvalue weighted by Gasteiger charge is 2.30. The molecule has 2 rings (SSSR count). The molecule has 31 heavy (non-hydrogen) atoms.